The van der Waals surface area contributed by atoms with Crippen molar-refractivity contribution in [1.82, 2.24) is 10.6 Å². The summed E-state index contributed by atoms with van der Waals surface area (Å²) in [5.74, 6) is 1.64. The third kappa shape index (κ3) is 4.61. The summed E-state index contributed by atoms with van der Waals surface area (Å²) in [5, 5.41) is 6.98. The van der Waals surface area contributed by atoms with Gasteiger partial charge >= 0.3 is 0 Å². The van der Waals surface area contributed by atoms with Gasteiger partial charge in [-0.1, -0.05) is 25.8 Å². The van der Waals surface area contributed by atoms with Crippen LogP contribution < -0.4 is 20.1 Å². The molecule has 27 heavy (non-hydrogen) atoms. The van der Waals surface area contributed by atoms with E-state index in [1.807, 2.05) is 25.1 Å². The molecule has 0 spiro atoms. The molecule has 146 valence electrons. The molecule has 1 unspecified atom stereocenters. The molecule has 2 N–H and O–H groups in total. The van der Waals surface area contributed by atoms with Gasteiger partial charge < -0.3 is 20.1 Å². The summed E-state index contributed by atoms with van der Waals surface area (Å²) in [4.78, 5) is 12.6. The Kier molecular flexibility index (Phi) is 6.72. The number of hydrogen-bond donors (Lipinski definition) is 2. The SMILES string of the molecule is CCCCCOc1ccc(C2NC(=S)NC3=C2C(=O)CCC3)cc1OCC. The molecular formula is C21H28N2O3S. The van der Waals surface area contributed by atoms with E-state index < -0.39 is 0 Å². The number of hydrogen-bond acceptors (Lipinski definition) is 4. The number of rotatable bonds is 8. The molecule has 0 saturated heterocycles. The molecule has 1 atom stereocenters. The number of carbonyl (C=O) groups excluding carboxylic acids is 1. The molecule has 0 radical (unpaired) electrons. The average molecular weight is 389 g/mol. The standard InChI is InChI=1S/C21H28N2O3S/c1-3-5-6-12-26-17-11-10-14(13-18(17)25-4-2)20-19-15(22-21(27)23-20)8-7-9-16(19)24/h10-11,13,20H,3-9,12H2,1-2H3,(H2,22,23,27). The normalized spacial score (nSPS) is 19.3. The lowest BCUT2D eigenvalue weighted by Gasteiger charge is -2.34. The lowest BCUT2D eigenvalue weighted by atomic mass is 9.85. The summed E-state index contributed by atoms with van der Waals surface area (Å²) in [5.41, 5.74) is 2.72. The predicted octanol–water partition coefficient (Wildman–Crippen LogP) is 4.18. The number of ketones is 1. The van der Waals surface area contributed by atoms with E-state index in [0.29, 0.717) is 30.5 Å². The molecule has 1 aliphatic carbocycles. The molecule has 0 bridgehead atoms. The van der Waals surface area contributed by atoms with Crippen LogP contribution in [0.1, 0.15) is 64.0 Å². The Morgan fingerprint density at radius 1 is 1.15 bits per heavy atom. The number of benzene rings is 1. The van der Waals surface area contributed by atoms with Gasteiger partial charge in [-0.15, -0.1) is 0 Å². The van der Waals surface area contributed by atoms with E-state index in [1.165, 1.54) is 0 Å². The monoisotopic (exact) mass is 388 g/mol. The predicted molar refractivity (Wildman–Crippen MR) is 110 cm³/mol. The summed E-state index contributed by atoms with van der Waals surface area (Å²) in [6, 6.07) is 5.66. The Hall–Kier alpha value is -2.08. The van der Waals surface area contributed by atoms with Gasteiger partial charge in [0.2, 0.25) is 0 Å². The van der Waals surface area contributed by atoms with Crippen molar-refractivity contribution in [2.75, 3.05) is 13.2 Å². The first-order valence-electron chi connectivity index (χ1n) is 9.87. The number of nitrogens with one attached hydrogen (secondary N) is 2. The molecule has 3 rings (SSSR count). The second-order valence-electron chi connectivity index (χ2n) is 6.90. The Morgan fingerprint density at radius 2 is 2.00 bits per heavy atom. The third-order valence-corrected chi connectivity index (χ3v) is 5.11. The summed E-state index contributed by atoms with van der Waals surface area (Å²) in [6.07, 6.45) is 5.65. The van der Waals surface area contributed by atoms with Crippen LogP contribution >= 0.6 is 12.2 Å². The minimum atomic E-state index is -0.241. The van der Waals surface area contributed by atoms with E-state index in [1.54, 1.807) is 0 Å². The number of Topliss-reactive ketones (excluding diaryl/α,β-unsaturated/α-hetero) is 1. The van der Waals surface area contributed by atoms with Gasteiger partial charge in [-0.3, -0.25) is 4.79 Å². The highest BCUT2D eigenvalue weighted by Crippen LogP contribution is 2.37. The maximum atomic E-state index is 12.6. The second-order valence-corrected chi connectivity index (χ2v) is 7.30. The van der Waals surface area contributed by atoms with Gasteiger partial charge in [0.25, 0.3) is 0 Å². The lowest BCUT2D eigenvalue weighted by molar-refractivity contribution is -0.116. The van der Waals surface area contributed by atoms with Gasteiger partial charge in [-0.25, -0.2) is 0 Å². The Morgan fingerprint density at radius 3 is 2.78 bits per heavy atom. The molecular weight excluding hydrogens is 360 g/mol. The quantitative estimate of drug-likeness (QED) is 0.515. The van der Waals surface area contributed by atoms with Gasteiger partial charge in [0.05, 0.1) is 19.3 Å². The average Bonchev–Trinajstić information content (AvgIpc) is 2.65. The van der Waals surface area contributed by atoms with Gasteiger partial charge in [-0.2, -0.15) is 0 Å². The van der Waals surface area contributed by atoms with E-state index in [4.69, 9.17) is 21.7 Å². The van der Waals surface area contributed by atoms with Crippen molar-refractivity contribution >= 4 is 23.1 Å². The van der Waals surface area contributed by atoms with Crippen LogP contribution in [0.3, 0.4) is 0 Å². The van der Waals surface area contributed by atoms with E-state index >= 15 is 0 Å². The highest BCUT2D eigenvalue weighted by Gasteiger charge is 2.33. The van der Waals surface area contributed by atoms with Crippen molar-refractivity contribution < 1.29 is 14.3 Å². The topological polar surface area (TPSA) is 59.6 Å². The third-order valence-electron chi connectivity index (χ3n) is 4.89. The van der Waals surface area contributed by atoms with Crippen molar-refractivity contribution in [3.8, 4) is 11.5 Å². The molecule has 1 heterocycles. The van der Waals surface area contributed by atoms with E-state index in [-0.39, 0.29) is 11.8 Å². The van der Waals surface area contributed by atoms with Crippen LogP contribution in [-0.4, -0.2) is 24.1 Å². The fraction of sp³-hybridized carbons (Fsp3) is 0.524. The highest BCUT2D eigenvalue weighted by atomic mass is 32.1. The van der Waals surface area contributed by atoms with E-state index in [9.17, 15) is 4.79 Å². The largest absolute Gasteiger partial charge is 0.490 e. The number of thiocarbonyl (C=S) groups is 1. The Labute approximate surface area is 166 Å². The lowest BCUT2D eigenvalue weighted by Crippen LogP contribution is -2.46. The van der Waals surface area contributed by atoms with Crippen molar-refractivity contribution in [3.63, 3.8) is 0 Å². The van der Waals surface area contributed by atoms with Gasteiger partial charge in [0.15, 0.2) is 22.4 Å². The maximum absolute atomic E-state index is 12.6. The zero-order chi connectivity index (χ0) is 19.2. The van der Waals surface area contributed by atoms with Crippen molar-refractivity contribution in [2.24, 2.45) is 0 Å². The fourth-order valence-corrected chi connectivity index (χ4v) is 3.82. The molecule has 0 fully saturated rings. The van der Waals surface area contributed by atoms with Crippen molar-refractivity contribution in [1.29, 1.82) is 0 Å². The molecule has 0 amide bonds. The van der Waals surface area contributed by atoms with Crippen LogP contribution in [0.25, 0.3) is 0 Å². The highest BCUT2D eigenvalue weighted by molar-refractivity contribution is 7.80. The minimum Gasteiger partial charge on any atom is -0.490 e. The minimum absolute atomic E-state index is 0.182. The van der Waals surface area contributed by atoms with Gasteiger partial charge in [-0.05, 0) is 56.1 Å². The molecule has 0 aromatic heterocycles. The van der Waals surface area contributed by atoms with E-state index in [2.05, 4.69) is 17.6 Å². The van der Waals surface area contributed by atoms with Crippen LogP contribution in [0.5, 0.6) is 11.5 Å². The zero-order valence-electron chi connectivity index (χ0n) is 16.1. The number of ether oxygens (including phenoxy) is 2. The van der Waals surface area contributed by atoms with Crippen molar-refractivity contribution in [2.45, 2.75) is 58.4 Å². The van der Waals surface area contributed by atoms with Gasteiger partial charge in [0, 0.05) is 17.7 Å². The number of allylic oxidation sites excluding steroid dienone is 1. The summed E-state index contributed by atoms with van der Waals surface area (Å²) in [7, 11) is 0. The van der Waals surface area contributed by atoms with Crippen molar-refractivity contribution in [3.05, 3.63) is 35.0 Å². The van der Waals surface area contributed by atoms with Crippen LogP contribution in [-0.2, 0) is 4.79 Å². The van der Waals surface area contributed by atoms with Crippen LogP contribution in [0.15, 0.2) is 29.5 Å². The van der Waals surface area contributed by atoms with Crippen LogP contribution in [0.2, 0.25) is 0 Å². The second kappa shape index (κ2) is 9.22. The first-order chi connectivity index (χ1) is 13.1. The molecule has 1 aromatic carbocycles. The van der Waals surface area contributed by atoms with E-state index in [0.717, 1.165) is 54.7 Å². The summed E-state index contributed by atoms with van der Waals surface area (Å²) in [6.45, 7) is 5.36. The summed E-state index contributed by atoms with van der Waals surface area (Å²) >= 11 is 5.36. The zero-order valence-corrected chi connectivity index (χ0v) is 16.9. The molecule has 2 aliphatic rings. The van der Waals surface area contributed by atoms with Gasteiger partial charge in [0.1, 0.15) is 0 Å². The molecule has 1 aliphatic heterocycles. The molecule has 6 heteroatoms. The molecule has 1 aromatic rings. The molecule has 5 nitrogen and oxygen atoms in total. The van der Waals surface area contributed by atoms with Crippen LogP contribution in [0.4, 0.5) is 0 Å². The number of carbonyl (C=O) groups is 1. The smallest absolute Gasteiger partial charge is 0.171 e. The summed E-state index contributed by atoms with van der Waals surface area (Å²) < 4.78 is 11.7. The number of unbranched alkanes of at least 4 members (excludes halogenated alkanes) is 2. The fourth-order valence-electron chi connectivity index (χ4n) is 3.58. The first kappa shape index (κ1) is 19.7. The first-order valence-corrected chi connectivity index (χ1v) is 10.3. The molecule has 0 saturated carbocycles. The maximum Gasteiger partial charge on any atom is 0.171 e. The Balaban J connectivity index is 1.87. The van der Waals surface area contributed by atoms with Crippen LogP contribution in [0, 0.1) is 0 Å². The Bertz CT molecular complexity index is 745.